The van der Waals surface area contributed by atoms with Crippen molar-refractivity contribution in [2.75, 3.05) is 25.6 Å². The van der Waals surface area contributed by atoms with Gasteiger partial charge in [-0.25, -0.2) is 10.5 Å². The lowest BCUT2D eigenvalue weighted by Crippen LogP contribution is -2.22. The van der Waals surface area contributed by atoms with Crippen LogP contribution < -0.4 is 10.8 Å². The predicted molar refractivity (Wildman–Crippen MR) is 110 cm³/mol. The average molecular weight is 388 g/mol. The van der Waals surface area contributed by atoms with Gasteiger partial charge in [0.15, 0.2) is 0 Å². The van der Waals surface area contributed by atoms with Crippen molar-refractivity contribution in [3.05, 3.63) is 77.7 Å². The molecule has 146 valence electrons. The van der Waals surface area contributed by atoms with Gasteiger partial charge in [0.1, 0.15) is 5.82 Å². The van der Waals surface area contributed by atoms with Gasteiger partial charge in [-0.3, -0.25) is 15.0 Å². The second-order valence-electron chi connectivity index (χ2n) is 6.05. The second-order valence-corrected chi connectivity index (χ2v) is 6.05. The Kier molecular flexibility index (Phi) is 6.90. The molecule has 0 saturated carbocycles. The van der Waals surface area contributed by atoms with Crippen molar-refractivity contribution < 1.29 is 14.7 Å². The van der Waals surface area contributed by atoms with E-state index < -0.39 is 5.91 Å². The van der Waals surface area contributed by atoms with E-state index in [0.29, 0.717) is 19.0 Å². The molecule has 2 aromatic heterocycles. The monoisotopic (exact) mass is 388 g/mol. The molecule has 0 saturated heterocycles. The minimum Gasteiger partial charge on any atom is -0.383 e. The maximum atomic E-state index is 12.0. The SMILES string of the molecule is COCCNc1ncc(-c2ccc(C#Cc3cccnc3)cc2)cc1C(=O)NO. The Bertz CT molecular complexity index is 1030. The van der Waals surface area contributed by atoms with E-state index in [1.54, 1.807) is 37.2 Å². The number of carbonyl (C=O) groups excluding carboxylic acids is 1. The third-order valence-electron chi connectivity index (χ3n) is 4.06. The number of benzene rings is 1. The summed E-state index contributed by atoms with van der Waals surface area (Å²) in [5, 5.41) is 12.1. The molecule has 0 aliphatic rings. The van der Waals surface area contributed by atoms with Crippen LogP contribution in [0.4, 0.5) is 5.82 Å². The van der Waals surface area contributed by atoms with Crippen LogP contribution in [0.5, 0.6) is 0 Å². The lowest BCUT2D eigenvalue weighted by atomic mass is 10.0. The number of anilines is 1. The van der Waals surface area contributed by atoms with Crippen LogP contribution in [0.15, 0.2) is 61.1 Å². The molecule has 0 aliphatic heterocycles. The number of carbonyl (C=O) groups is 1. The third kappa shape index (κ3) is 5.39. The van der Waals surface area contributed by atoms with Gasteiger partial charge in [-0.15, -0.1) is 0 Å². The Morgan fingerprint density at radius 3 is 2.59 bits per heavy atom. The van der Waals surface area contributed by atoms with Crippen LogP contribution in [0, 0.1) is 11.8 Å². The standard InChI is InChI=1S/C22H20N4O3/c1-29-12-11-24-21-20(22(27)26-28)13-19(15-25-21)18-8-6-16(7-9-18)4-5-17-3-2-10-23-14-17/h2-3,6-10,13-15,28H,11-12H2,1H3,(H,24,25)(H,26,27). The van der Waals surface area contributed by atoms with E-state index >= 15 is 0 Å². The summed E-state index contributed by atoms with van der Waals surface area (Å²) in [6.07, 6.45) is 5.08. The highest BCUT2D eigenvalue weighted by Crippen LogP contribution is 2.23. The summed E-state index contributed by atoms with van der Waals surface area (Å²) in [7, 11) is 1.59. The van der Waals surface area contributed by atoms with E-state index in [0.717, 1.165) is 22.3 Å². The van der Waals surface area contributed by atoms with Crippen molar-refractivity contribution in [1.29, 1.82) is 0 Å². The third-order valence-corrected chi connectivity index (χ3v) is 4.06. The maximum absolute atomic E-state index is 12.0. The van der Waals surface area contributed by atoms with E-state index in [2.05, 4.69) is 27.1 Å². The number of ether oxygens (including phenoxy) is 1. The molecule has 3 N–H and O–H groups in total. The van der Waals surface area contributed by atoms with Crippen molar-refractivity contribution >= 4 is 11.7 Å². The fourth-order valence-corrected chi connectivity index (χ4v) is 2.60. The molecule has 0 atom stereocenters. The highest BCUT2D eigenvalue weighted by molar-refractivity contribution is 5.99. The molecule has 1 aromatic carbocycles. The molecule has 2 heterocycles. The van der Waals surface area contributed by atoms with E-state index in [9.17, 15) is 4.79 Å². The Hall–Kier alpha value is -3.73. The number of rotatable bonds is 6. The minimum atomic E-state index is -0.641. The van der Waals surface area contributed by atoms with Gasteiger partial charge in [-0.2, -0.15) is 0 Å². The predicted octanol–water partition coefficient (Wildman–Crippen LogP) is 2.72. The van der Waals surface area contributed by atoms with Crippen molar-refractivity contribution in [2.24, 2.45) is 0 Å². The highest BCUT2D eigenvalue weighted by atomic mass is 16.5. The van der Waals surface area contributed by atoms with Crippen LogP contribution in [0.3, 0.4) is 0 Å². The first-order valence-electron chi connectivity index (χ1n) is 8.91. The van der Waals surface area contributed by atoms with Crippen LogP contribution in [0.25, 0.3) is 11.1 Å². The summed E-state index contributed by atoms with van der Waals surface area (Å²) in [4.78, 5) is 20.4. The Morgan fingerprint density at radius 2 is 1.90 bits per heavy atom. The van der Waals surface area contributed by atoms with Crippen molar-refractivity contribution in [1.82, 2.24) is 15.4 Å². The zero-order valence-electron chi connectivity index (χ0n) is 15.8. The molecular formula is C22H20N4O3. The van der Waals surface area contributed by atoms with Gasteiger partial charge in [0.05, 0.1) is 12.2 Å². The van der Waals surface area contributed by atoms with Crippen molar-refractivity contribution in [2.45, 2.75) is 0 Å². The summed E-state index contributed by atoms with van der Waals surface area (Å²) in [6, 6.07) is 13.0. The fraction of sp³-hybridized carbons (Fsp3) is 0.136. The second kappa shape index (κ2) is 9.99. The van der Waals surface area contributed by atoms with Gasteiger partial charge in [-0.1, -0.05) is 24.0 Å². The van der Waals surface area contributed by atoms with Gasteiger partial charge in [0.25, 0.3) is 5.91 Å². The first-order chi connectivity index (χ1) is 14.2. The van der Waals surface area contributed by atoms with Crippen molar-refractivity contribution in [3.63, 3.8) is 0 Å². The van der Waals surface area contributed by atoms with E-state index in [4.69, 9.17) is 9.94 Å². The van der Waals surface area contributed by atoms with Crippen LogP contribution in [0.1, 0.15) is 21.5 Å². The Morgan fingerprint density at radius 1 is 1.10 bits per heavy atom. The first kappa shape index (κ1) is 20.0. The van der Waals surface area contributed by atoms with Crippen LogP contribution in [-0.2, 0) is 4.74 Å². The van der Waals surface area contributed by atoms with Gasteiger partial charge >= 0.3 is 0 Å². The molecule has 3 aromatic rings. The molecule has 0 aliphatic carbocycles. The Balaban J connectivity index is 1.82. The first-order valence-corrected chi connectivity index (χ1v) is 8.91. The quantitative estimate of drug-likeness (QED) is 0.260. The average Bonchev–Trinajstić information content (AvgIpc) is 2.78. The molecule has 7 nitrogen and oxygen atoms in total. The summed E-state index contributed by atoms with van der Waals surface area (Å²) < 4.78 is 4.99. The number of aromatic nitrogens is 2. The number of hydrogen-bond donors (Lipinski definition) is 3. The molecule has 1 amide bonds. The van der Waals surface area contributed by atoms with Crippen LogP contribution in [-0.4, -0.2) is 41.3 Å². The highest BCUT2D eigenvalue weighted by Gasteiger charge is 2.14. The molecular weight excluding hydrogens is 368 g/mol. The molecule has 0 fully saturated rings. The zero-order valence-corrected chi connectivity index (χ0v) is 15.8. The number of methoxy groups -OCH3 is 1. The molecule has 0 bridgehead atoms. The Labute approximate surface area is 168 Å². The molecule has 7 heteroatoms. The largest absolute Gasteiger partial charge is 0.383 e. The molecule has 3 rings (SSSR count). The molecule has 29 heavy (non-hydrogen) atoms. The number of pyridine rings is 2. The van der Waals surface area contributed by atoms with Crippen LogP contribution >= 0.6 is 0 Å². The molecule has 0 spiro atoms. The van der Waals surface area contributed by atoms with E-state index in [1.165, 1.54) is 0 Å². The number of nitrogens with zero attached hydrogens (tertiary/aromatic N) is 2. The number of hydrogen-bond acceptors (Lipinski definition) is 6. The summed E-state index contributed by atoms with van der Waals surface area (Å²) in [5.74, 6) is 5.88. The van der Waals surface area contributed by atoms with Gasteiger partial charge in [0.2, 0.25) is 0 Å². The normalized spacial score (nSPS) is 10.0. The fourth-order valence-electron chi connectivity index (χ4n) is 2.60. The number of hydroxylamine groups is 1. The minimum absolute atomic E-state index is 0.238. The van der Waals surface area contributed by atoms with E-state index in [1.807, 2.05) is 36.4 Å². The summed E-state index contributed by atoms with van der Waals surface area (Å²) in [6.45, 7) is 0.948. The topological polar surface area (TPSA) is 96.4 Å². The summed E-state index contributed by atoms with van der Waals surface area (Å²) in [5.41, 5.74) is 5.22. The molecule has 0 radical (unpaired) electrons. The summed E-state index contributed by atoms with van der Waals surface area (Å²) >= 11 is 0. The van der Waals surface area contributed by atoms with E-state index in [-0.39, 0.29) is 5.56 Å². The maximum Gasteiger partial charge on any atom is 0.278 e. The van der Waals surface area contributed by atoms with Crippen molar-refractivity contribution in [3.8, 4) is 23.0 Å². The zero-order chi connectivity index (χ0) is 20.5. The number of amides is 1. The smallest absolute Gasteiger partial charge is 0.278 e. The lowest BCUT2D eigenvalue weighted by Gasteiger charge is -2.11. The number of nitrogens with one attached hydrogen (secondary N) is 2. The molecule has 0 unspecified atom stereocenters. The van der Waals surface area contributed by atoms with Gasteiger partial charge in [-0.05, 0) is 35.9 Å². The van der Waals surface area contributed by atoms with Gasteiger partial charge < -0.3 is 10.1 Å². The van der Waals surface area contributed by atoms with Crippen LogP contribution in [0.2, 0.25) is 0 Å². The van der Waals surface area contributed by atoms with Gasteiger partial charge in [0, 0.05) is 48.9 Å². The lowest BCUT2D eigenvalue weighted by molar-refractivity contribution is 0.0707.